The second-order valence-corrected chi connectivity index (χ2v) is 4.69. The molecule has 0 saturated heterocycles. The van der Waals surface area contributed by atoms with Crippen LogP contribution in [0.25, 0.3) is 0 Å². The number of amides is 1. The van der Waals surface area contributed by atoms with Crippen LogP contribution in [0.2, 0.25) is 0 Å². The Bertz CT molecular complexity index is 764. The van der Waals surface area contributed by atoms with Crippen molar-refractivity contribution in [3.8, 4) is 11.5 Å². The number of anilines is 1. The van der Waals surface area contributed by atoms with Gasteiger partial charge < -0.3 is 14.6 Å². The first-order valence-electron chi connectivity index (χ1n) is 6.78. The summed E-state index contributed by atoms with van der Waals surface area (Å²) in [6.07, 6.45) is 1.40. The molecular formula is C17H14N2O3. The highest BCUT2D eigenvalue weighted by Crippen LogP contribution is 2.23. The third-order valence-electron chi connectivity index (χ3n) is 3.09. The van der Waals surface area contributed by atoms with Gasteiger partial charge in [-0.3, -0.25) is 4.79 Å². The van der Waals surface area contributed by atoms with Crippen LogP contribution in [0, 0.1) is 6.92 Å². The fraction of sp³-hybridized carbons (Fsp3) is 0.0588. The molecule has 22 heavy (non-hydrogen) atoms. The molecule has 1 aromatic heterocycles. The van der Waals surface area contributed by atoms with Crippen LogP contribution in [-0.2, 0) is 0 Å². The summed E-state index contributed by atoms with van der Waals surface area (Å²) in [5, 5.41) is 6.37. The average Bonchev–Trinajstić information content (AvgIpc) is 2.96. The lowest BCUT2D eigenvalue weighted by atomic mass is 10.2. The number of hydrogen-bond donors (Lipinski definition) is 1. The number of hydrogen-bond acceptors (Lipinski definition) is 4. The minimum absolute atomic E-state index is 0.254. The molecule has 3 rings (SSSR count). The second-order valence-electron chi connectivity index (χ2n) is 4.69. The maximum absolute atomic E-state index is 12.0. The van der Waals surface area contributed by atoms with Gasteiger partial charge in [-0.1, -0.05) is 23.4 Å². The smallest absolute Gasteiger partial charge is 0.260 e. The Morgan fingerprint density at radius 2 is 1.73 bits per heavy atom. The van der Waals surface area contributed by atoms with Gasteiger partial charge in [0, 0.05) is 5.69 Å². The maximum Gasteiger partial charge on any atom is 0.260 e. The maximum atomic E-state index is 12.0. The first-order valence-corrected chi connectivity index (χ1v) is 6.78. The van der Waals surface area contributed by atoms with E-state index in [0.29, 0.717) is 22.8 Å². The zero-order valence-electron chi connectivity index (χ0n) is 11.9. The number of rotatable bonds is 4. The number of carbonyl (C=O) groups excluding carboxylic acids is 1. The summed E-state index contributed by atoms with van der Waals surface area (Å²) in [7, 11) is 0. The van der Waals surface area contributed by atoms with Crippen LogP contribution >= 0.6 is 0 Å². The Labute approximate surface area is 127 Å². The van der Waals surface area contributed by atoms with Crippen molar-refractivity contribution >= 4 is 11.6 Å². The topological polar surface area (TPSA) is 64.4 Å². The lowest BCUT2D eigenvalue weighted by molar-refractivity contribution is 0.102. The van der Waals surface area contributed by atoms with Gasteiger partial charge in [0.25, 0.3) is 5.91 Å². The Balaban J connectivity index is 1.67. The second kappa shape index (κ2) is 6.13. The van der Waals surface area contributed by atoms with E-state index in [-0.39, 0.29) is 5.91 Å². The molecule has 0 atom stereocenters. The highest BCUT2D eigenvalue weighted by molar-refractivity contribution is 6.04. The van der Waals surface area contributed by atoms with Crippen molar-refractivity contribution < 1.29 is 14.1 Å². The molecule has 3 aromatic rings. The number of ether oxygens (including phenoxy) is 1. The highest BCUT2D eigenvalue weighted by Gasteiger charge is 2.12. The fourth-order valence-corrected chi connectivity index (χ4v) is 1.95. The van der Waals surface area contributed by atoms with Crippen molar-refractivity contribution in [3.63, 3.8) is 0 Å². The quantitative estimate of drug-likeness (QED) is 0.789. The van der Waals surface area contributed by atoms with E-state index in [1.165, 1.54) is 6.20 Å². The standard InChI is InChI=1S/C17H14N2O3/c1-12-16(11-18-22-12)17(20)19-13-7-9-15(10-8-13)21-14-5-3-2-4-6-14/h2-11H,1H3,(H,19,20). The van der Waals surface area contributed by atoms with Gasteiger partial charge in [0.15, 0.2) is 0 Å². The number of aryl methyl sites for hydroxylation is 1. The molecule has 0 bridgehead atoms. The van der Waals surface area contributed by atoms with Gasteiger partial charge in [-0.15, -0.1) is 0 Å². The fourth-order valence-electron chi connectivity index (χ4n) is 1.95. The van der Waals surface area contributed by atoms with Crippen LogP contribution < -0.4 is 10.1 Å². The van der Waals surface area contributed by atoms with E-state index in [2.05, 4.69) is 10.5 Å². The molecule has 5 nitrogen and oxygen atoms in total. The molecule has 0 spiro atoms. The Morgan fingerprint density at radius 3 is 2.36 bits per heavy atom. The van der Waals surface area contributed by atoms with Crippen molar-refractivity contribution in [1.29, 1.82) is 0 Å². The molecule has 110 valence electrons. The predicted molar refractivity (Wildman–Crippen MR) is 82.2 cm³/mol. The van der Waals surface area contributed by atoms with Gasteiger partial charge in [0.1, 0.15) is 22.8 Å². The molecule has 0 fully saturated rings. The molecule has 1 N–H and O–H groups in total. The SMILES string of the molecule is Cc1oncc1C(=O)Nc1ccc(Oc2ccccc2)cc1. The van der Waals surface area contributed by atoms with Gasteiger partial charge in [0.2, 0.25) is 0 Å². The summed E-state index contributed by atoms with van der Waals surface area (Å²) in [5.41, 5.74) is 1.09. The van der Waals surface area contributed by atoms with Crippen LogP contribution in [0.15, 0.2) is 65.3 Å². The lowest BCUT2D eigenvalue weighted by Crippen LogP contribution is -2.11. The molecule has 0 unspecified atom stereocenters. The van der Waals surface area contributed by atoms with Gasteiger partial charge in [-0.25, -0.2) is 0 Å². The van der Waals surface area contributed by atoms with Crippen molar-refractivity contribution in [2.75, 3.05) is 5.32 Å². The van der Waals surface area contributed by atoms with Crippen molar-refractivity contribution in [2.45, 2.75) is 6.92 Å². The van der Waals surface area contributed by atoms with Crippen LogP contribution in [0.3, 0.4) is 0 Å². The number of nitrogens with one attached hydrogen (secondary N) is 1. The number of benzene rings is 2. The monoisotopic (exact) mass is 294 g/mol. The van der Waals surface area contributed by atoms with E-state index >= 15 is 0 Å². The number of para-hydroxylation sites is 1. The van der Waals surface area contributed by atoms with E-state index in [4.69, 9.17) is 9.26 Å². The first-order chi connectivity index (χ1) is 10.7. The molecule has 5 heteroatoms. The van der Waals surface area contributed by atoms with E-state index < -0.39 is 0 Å². The molecule has 0 aliphatic rings. The van der Waals surface area contributed by atoms with Crippen LogP contribution in [0.5, 0.6) is 11.5 Å². The Hall–Kier alpha value is -3.08. The summed E-state index contributed by atoms with van der Waals surface area (Å²) < 4.78 is 10.6. The Kier molecular flexibility index (Phi) is 3.87. The molecule has 0 radical (unpaired) electrons. The van der Waals surface area contributed by atoms with Crippen LogP contribution in [-0.4, -0.2) is 11.1 Å². The summed E-state index contributed by atoms with van der Waals surface area (Å²) in [6.45, 7) is 1.69. The summed E-state index contributed by atoms with van der Waals surface area (Å²) >= 11 is 0. The Morgan fingerprint density at radius 1 is 1.05 bits per heavy atom. The first kappa shape index (κ1) is 13.9. The summed E-state index contributed by atoms with van der Waals surface area (Å²) in [4.78, 5) is 12.0. The zero-order valence-corrected chi connectivity index (χ0v) is 11.9. The number of nitrogens with zero attached hydrogens (tertiary/aromatic N) is 1. The molecule has 0 saturated carbocycles. The van der Waals surface area contributed by atoms with E-state index in [1.807, 2.05) is 30.3 Å². The van der Waals surface area contributed by atoms with Crippen molar-refractivity contribution in [3.05, 3.63) is 72.1 Å². The molecule has 1 amide bonds. The van der Waals surface area contributed by atoms with Crippen LogP contribution in [0.1, 0.15) is 16.1 Å². The number of aromatic nitrogens is 1. The van der Waals surface area contributed by atoms with Gasteiger partial charge in [0.05, 0.1) is 6.20 Å². The zero-order chi connectivity index (χ0) is 15.4. The normalized spacial score (nSPS) is 10.2. The molecular weight excluding hydrogens is 280 g/mol. The third-order valence-corrected chi connectivity index (χ3v) is 3.09. The average molecular weight is 294 g/mol. The summed E-state index contributed by atoms with van der Waals surface area (Å²) in [6, 6.07) is 16.6. The van der Waals surface area contributed by atoms with E-state index in [9.17, 15) is 4.79 Å². The molecule has 0 aliphatic carbocycles. The summed E-state index contributed by atoms with van der Waals surface area (Å²) in [5.74, 6) is 1.70. The van der Waals surface area contributed by atoms with Gasteiger partial charge in [-0.05, 0) is 43.3 Å². The van der Waals surface area contributed by atoms with E-state index in [0.717, 1.165) is 5.75 Å². The van der Waals surface area contributed by atoms with E-state index in [1.54, 1.807) is 31.2 Å². The minimum Gasteiger partial charge on any atom is -0.457 e. The third kappa shape index (κ3) is 3.15. The lowest BCUT2D eigenvalue weighted by Gasteiger charge is -2.07. The molecule has 2 aromatic carbocycles. The minimum atomic E-state index is -0.254. The highest BCUT2D eigenvalue weighted by atomic mass is 16.5. The largest absolute Gasteiger partial charge is 0.457 e. The van der Waals surface area contributed by atoms with Crippen LogP contribution in [0.4, 0.5) is 5.69 Å². The van der Waals surface area contributed by atoms with Crippen molar-refractivity contribution in [1.82, 2.24) is 5.16 Å². The van der Waals surface area contributed by atoms with Gasteiger partial charge >= 0.3 is 0 Å². The molecule has 1 heterocycles. The van der Waals surface area contributed by atoms with Gasteiger partial charge in [-0.2, -0.15) is 0 Å². The number of carbonyl (C=O) groups is 1. The van der Waals surface area contributed by atoms with Crippen molar-refractivity contribution in [2.24, 2.45) is 0 Å². The molecule has 0 aliphatic heterocycles. The predicted octanol–water partition coefficient (Wildman–Crippen LogP) is 4.03.